The second-order valence-electron chi connectivity index (χ2n) is 4.48. The van der Waals surface area contributed by atoms with Crippen LogP contribution in [0.1, 0.15) is 26.7 Å². The van der Waals surface area contributed by atoms with Crippen LogP contribution in [-0.2, 0) is 0 Å². The second-order valence-corrected chi connectivity index (χ2v) is 8.93. The van der Waals surface area contributed by atoms with Crippen molar-refractivity contribution in [3.05, 3.63) is 11.0 Å². The first-order valence-electron chi connectivity index (χ1n) is 5.43. The summed E-state index contributed by atoms with van der Waals surface area (Å²) >= 11 is 6.63. The quantitative estimate of drug-likeness (QED) is 0.636. The molecule has 4 unspecified atom stereocenters. The molecule has 0 aromatic heterocycles. The van der Waals surface area contributed by atoms with Gasteiger partial charge in [0.05, 0.1) is 0 Å². The van der Waals surface area contributed by atoms with Gasteiger partial charge < -0.3 is 0 Å². The number of hydrogen-bond acceptors (Lipinski definition) is 3. The first-order chi connectivity index (χ1) is 6.74. The molecule has 3 aliphatic heterocycles. The summed E-state index contributed by atoms with van der Waals surface area (Å²) in [6, 6.07) is 0. The Morgan fingerprint density at radius 2 is 2.07 bits per heavy atom. The van der Waals surface area contributed by atoms with Gasteiger partial charge in [-0.05, 0) is 24.7 Å². The Labute approximate surface area is 99.1 Å². The van der Waals surface area contributed by atoms with Crippen LogP contribution in [-0.4, -0.2) is 26.2 Å². The van der Waals surface area contributed by atoms with E-state index in [1.807, 2.05) is 0 Å². The van der Waals surface area contributed by atoms with Gasteiger partial charge in [0.1, 0.15) is 0 Å². The minimum Gasteiger partial charge on any atom is -0.153 e. The molecule has 0 bridgehead atoms. The second kappa shape index (κ2) is 3.67. The molecule has 3 heterocycles. The molecule has 3 heteroatoms. The molecule has 0 aliphatic carbocycles. The molecular formula is C11H16S3. The number of fused-ring (bicyclic) bond motifs is 3. The average molecular weight is 244 g/mol. The van der Waals surface area contributed by atoms with Crippen LogP contribution in [0.15, 0.2) is 11.0 Å². The van der Waals surface area contributed by atoms with E-state index >= 15 is 0 Å². The van der Waals surface area contributed by atoms with E-state index in [1.165, 1.54) is 12.8 Å². The van der Waals surface area contributed by atoms with E-state index in [0.29, 0.717) is 0 Å². The van der Waals surface area contributed by atoms with Gasteiger partial charge in [0, 0.05) is 26.2 Å². The Morgan fingerprint density at radius 3 is 2.93 bits per heavy atom. The normalized spacial score (nSPS) is 51.3. The predicted octanol–water partition coefficient (Wildman–Crippen LogP) is 3.77. The fourth-order valence-electron chi connectivity index (χ4n) is 2.56. The van der Waals surface area contributed by atoms with Gasteiger partial charge in [-0.25, -0.2) is 0 Å². The van der Waals surface area contributed by atoms with Crippen molar-refractivity contribution in [2.45, 2.75) is 52.9 Å². The van der Waals surface area contributed by atoms with E-state index in [1.54, 1.807) is 4.91 Å². The molecule has 5 atom stereocenters. The average Bonchev–Trinajstić information content (AvgIpc) is 2.62. The molecular weight excluding hydrogens is 228 g/mol. The Kier molecular flexibility index (Phi) is 2.62. The third kappa shape index (κ3) is 1.56. The number of hydrogen-bond donors (Lipinski definition) is 0. The SMILES string of the molecule is CC1C=C2S[C@H]3CCC(C)SC3C2S1. The van der Waals surface area contributed by atoms with E-state index in [4.69, 9.17) is 0 Å². The smallest absolute Gasteiger partial charge is 0.0489 e. The van der Waals surface area contributed by atoms with Crippen molar-refractivity contribution >= 4 is 35.3 Å². The fraction of sp³-hybridized carbons (Fsp3) is 0.818. The van der Waals surface area contributed by atoms with Crippen LogP contribution in [0.5, 0.6) is 0 Å². The van der Waals surface area contributed by atoms with Crippen molar-refractivity contribution in [1.29, 1.82) is 0 Å². The van der Waals surface area contributed by atoms with Crippen molar-refractivity contribution in [3.8, 4) is 0 Å². The zero-order valence-corrected chi connectivity index (χ0v) is 11.1. The van der Waals surface area contributed by atoms with E-state index in [0.717, 1.165) is 26.2 Å². The van der Waals surface area contributed by atoms with Crippen LogP contribution in [0.2, 0.25) is 0 Å². The van der Waals surface area contributed by atoms with Crippen molar-refractivity contribution in [3.63, 3.8) is 0 Å². The highest BCUT2D eigenvalue weighted by Gasteiger charge is 2.46. The van der Waals surface area contributed by atoms with E-state index in [-0.39, 0.29) is 0 Å². The summed E-state index contributed by atoms with van der Waals surface area (Å²) in [5, 5.41) is 4.37. The molecule has 0 radical (unpaired) electrons. The fourth-order valence-corrected chi connectivity index (χ4v) is 8.03. The maximum absolute atomic E-state index is 2.50. The van der Waals surface area contributed by atoms with Gasteiger partial charge >= 0.3 is 0 Å². The molecule has 0 aromatic rings. The molecule has 14 heavy (non-hydrogen) atoms. The van der Waals surface area contributed by atoms with E-state index < -0.39 is 0 Å². The molecule has 0 nitrogen and oxygen atoms in total. The summed E-state index contributed by atoms with van der Waals surface area (Å²) in [6.07, 6.45) is 5.38. The maximum atomic E-state index is 2.50. The summed E-state index contributed by atoms with van der Waals surface area (Å²) < 4.78 is 0. The summed E-state index contributed by atoms with van der Waals surface area (Å²) in [5.74, 6) is 0. The Morgan fingerprint density at radius 1 is 1.21 bits per heavy atom. The lowest BCUT2D eigenvalue weighted by atomic mass is 10.1. The van der Waals surface area contributed by atoms with Gasteiger partial charge in [-0.2, -0.15) is 11.8 Å². The van der Waals surface area contributed by atoms with Crippen LogP contribution in [0.3, 0.4) is 0 Å². The number of rotatable bonds is 0. The van der Waals surface area contributed by atoms with E-state index in [9.17, 15) is 0 Å². The van der Waals surface area contributed by atoms with Crippen molar-refractivity contribution < 1.29 is 0 Å². The third-order valence-electron chi connectivity index (χ3n) is 3.24. The standard InChI is InChI=1S/C11H16S3/c1-6-3-4-8-10(12-6)11-9(14-8)5-7(2)13-11/h5-8,10-11H,3-4H2,1-2H3/t6?,7?,8-,10?,11?/m0/s1. The Balaban J connectivity index is 1.82. The third-order valence-corrected chi connectivity index (χ3v) is 8.25. The molecule has 2 fully saturated rings. The van der Waals surface area contributed by atoms with Gasteiger partial charge in [-0.1, -0.05) is 13.0 Å². The largest absolute Gasteiger partial charge is 0.153 e. The molecule has 0 N–H and O–H groups in total. The lowest BCUT2D eigenvalue weighted by molar-refractivity contribution is 0.653. The zero-order valence-electron chi connectivity index (χ0n) is 8.60. The molecule has 78 valence electrons. The van der Waals surface area contributed by atoms with Crippen molar-refractivity contribution in [2.75, 3.05) is 0 Å². The van der Waals surface area contributed by atoms with Crippen LogP contribution in [0.25, 0.3) is 0 Å². The summed E-state index contributed by atoms with van der Waals surface area (Å²) in [4.78, 5) is 1.71. The maximum Gasteiger partial charge on any atom is 0.0489 e. The molecule has 0 amide bonds. The predicted molar refractivity (Wildman–Crippen MR) is 70.4 cm³/mol. The summed E-state index contributed by atoms with van der Waals surface area (Å²) in [6.45, 7) is 4.73. The minimum absolute atomic E-state index is 0.765. The van der Waals surface area contributed by atoms with Gasteiger partial charge in [0.15, 0.2) is 0 Å². The number of thioether (sulfide) groups is 3. The van der Waals surface area contributed by atoms with Gasteiger partial charge in [0.2, 0.25) is 0 Å². The summed E-state index contributed by atoms with van der Waals surface area (Å²) in [5.41, 5.74) is 0. The molecule has 2 saturated heterocycles. The molecule has 3 rings (SSSR count). The molecule has 0 spiro atoms. The van der Waals surface area contributed by atoms with Gasteiger partial charge in [0.25, 0.3) is 0 Å². The van der Waals surface area contributed by atoms with Crippen molar-refractivity contribution in [2.24, 2.45) is 0 Å². The van der Waals surface area contributed by atoms with Crippen LogP contribution in [0.4, 0.5) is 0 Å². The minimum atomic E-state index is 0.765. The monoisotopic (exact) mass is 244 g/mol. The van der Waals surface area contributed by atoms with Gasteiger partial charge in [-0.3, -0.25) is 0 Å². The first-order valence-corrected chi connectivity index (χ1v) is 8.20. The van der Waals surface area contributed by atoms with Gasteiger partial charge in [-0.15, -0.1) is 23.5 Å². The van der Waals surface area contributed by atoms with Crippen molar-refractivity contribution in [1.82, 2.24) is 0 Å². The first kappa shape index (κ1) is 9.98. The van der Waals surface area contributed by atoms with Crippen LogP contribution in [0, 0.1) is 0 Å². The summed E-state index contributed by atoms with van der Waals surface area (Å²) in [7, 11) is 0. The highest BCUT2D eigenvalue weighted by molar-refractivity contribution is 8.11. The Bertz CT molecular complexity index is 274. The highest BCUT2D eigenvalue weighted by Crippen LogP contribution is 2.57. The van der Waals surface area contributed by atoms with Crippen LogP contribution < -0.4 is 0 Å². The zero-order chi connectivity index (χ0) is 9.71. The molecule has 0 saturated carbocycles. The lowest BCUT2D eigenvalue weighted by Crippen LogP contribution is -2.30. The highest BCUT2D eigenvalue weighted by atomic mass is 32.2. The topological polar surface area (TPSA) is 0 Å². The van der Waals surface area contributed by atoms with E-state index in [2.05, 4.69) is 55.2 Å². The van der Waals surface area contributed by atoms with Crippen LogP contribution >= 0.6 is 35.3 Å². The molecule has 0 aromatic carbocycles. The Hall–Kier alpha value is 0.790. The lowest BCUT2D eigenvalue weighted by Gasteiger charge is -2.31. The molecule has 3 aliphatic rings.